The van der Waals surface area contributed by atoms with Gasteiger partial charge >= 0.3 is 0 Å². The van der Waals surface area contributed by atoms with E-state index < -0.39 is 6.04 Å². The number of hydrogen-bond acceptors (Lipinski definition) is 2. The standard InChI is InChI=1S/C11H16N2O.ClH/c1-2-8-13-11(14)10(12)9-6-4-3-5-7-9;/h3-7,10H,2,8,12H2,1H3,(H,13,14);1H/t10-;/m0./s1. The van der Waals surface area contributed by atoms with Crippen LogP contribution in [-0.2, 0) is 4.79 Å². The molecule has 1 rings (SSSR count). The van der Waals surface area contributed by atoms with E-state index in [-0.39, 0.29) is 18.3 Å². The summed E-state index contributed by atoms with van der Waals surface area (Å²) in [5, 5.41) is 2.77. The van der Waals surface area contributed by atoms with Gasteiger partial charge in [0.1, 0.15) is 6.04 Å². The van der Waals surface area contributed by atoms with Crippen molar-refractivity contribution in [2.24, 2.45) is 5.73 Å². The molecule has 84 valence electrons. The molecule has 1 aromatic carbocycles. The van der Waals surface area contributed by atoms with Crippen LogP contribution in [0.4, 0.5) is 0 Å². The minimum atomic E-state index is -0.553. The van der Waals surface area contributed by atoms with Gasteiger partial charge < -0.3 is 11.1 Å². The fourth-order valence-corrected chi connectivity index (χ4v) is 1.17. The molecule has 1 amide bonds. The van der Waals surface area contributed by atoms with Crippen LogP contribution in [0, 0.1) is 0 Å². The molecule has 4 heteroatoms. The molecule has 0 heterocycles. The van der Waals surface area contributed by atoms with Crippen LogP contribution in [0.15, 0.2) is 30.3 Å². The summed E-state index contributed by atoms with van der Waals surface area (Å²) in [4.78, 5) is 11.5. The molecule has 15 heavy (non-hydrogen) atoms. The SMILES string of the molecule is CCCNC(=O)[C@@H](N)c1ccccc1.Cl. The molecule has 1 aromatic rings. The Morgan fingerprint density at radius 2 is 2.00 bits per heavy atom. The molecule has 0 bridgehead atoms. The van der Waals surface area contributed by atoms with Crippen molar-refractivity contribution >= 4 is 18.3 Å². The van der Waals surface area contributed by atoms with Crippen LogP contribution in [0.1, 0.15) is 24.9 Å². The summed E-state index contributed by atoms with van der Waals surface area (Å²) in [5.74, 6) is -0.113. The van der Waals surface area contributed by atoms with E-state index in [1.54, 1.807) is 0 Å². The average Bonchev–Trinajstić information content (AvgIpc) is 2.26. The molecular formula is C11H17ClN2O. The Labute approximate surface area is 96.5 Å². The van der Waals surface area contributed by atoms with Crippen LogP contribution in [-0.4, -0.2) is 12.5 Å². The molecule has 3 nitrogen and oxygen atoms in total. The second-order valence-electron chi connectivity index (χ2n) is 3.18. The van der Waals surface area contributed by atoms with Gasteiger partial charge in [-0.25, -0.2) is 0 Å². The topological polar surface area (TPSA) is 55.1 Å². The Kier molecular flexibility index (Phi) is 6.75. The summed E-state index contributed by atoms with van der Waals surface area (Å²) in [6, 6.07) is 8.82. The fourth-order valence-electron chi connectivity index (χ4n) is 1.17. The van der Waals surface area contributed by atoms with Crippen LogP contribution in [0.3, 0.4) is 0 Å². The highest BCUT2D eigenvalue weighted by Crippen LogP contribution is 2.08. The van der Waals surface area contributed by atoms with Crippen molar-refractivity contribution in [1.29, 1.82) is 0 Å². The zero-order valence-corrected chi connectivity index (χ0v) is 9.59. The number of hydrogen-bond donors (Lipinski definition) is 2. The van der Waals surface area contributed by atoms with Gasteiger partial charge in [0.15, 0.2) is 0 Å². The largest absolute Gasteiger partial charge is 0.354 e. The van der Waals surface area contributed by atoms with E-state index in [0.29, 0.717) is 6.54 Å². The number of nitrogens with one attached hydrogen (secondary N) is 1. The second-order valence-corrected chi connectivity index (χ2v) is 3.18. The van der Waals surface area contributed by atoms with Gasteiger partial charge in [-0.1, -0.05) is 37.3 Å². The molecule has 0 unspecified atom stereocenters. The highest BCUT2D eigenvalue weighted by Gasteiger charge is 2.13. The number of amides is 1. The second kappa shape index (κ2) is 7.26. The van der Waals surface area contributed by atoms with Gasteiger partial charge in [0.2, 0.25) is 5.91 Å². The molecule has 0 saturated carbocycles. The van der Waals surface area contributed by atoms with Gasteiger partial charge in [-0.2, -0.15) is 0 Å². The first-order valence-electron chi connectivity index (χ1n) is 4.84. The van der Waals surface area contributed by atoms with Crippen LogP contribution in [0.2, 0.25) is 0 Å². The summed E-state index contributed by atoms with van der Waals surface area (Å²) in [7, 11) is 0. The molecule has 0 radical (unpaired) electrons. The molecular weight excluding hydrogens is 212 g/mol. The lowest BCUT2D eigenvalue weighted by atomic mass is 10.1. The third kappa shape index (κ3) is 4.32. The summed E-state index contributed by atoms with van der Waals surface area (Å²) in [6.45, 7) is 2.69. The Balaban J connectivity index is 0.00000196. The first-order chi connectivity index (χ1) is 6.75. The van der Waals surface area contributed by atoms with Crippen molar-refractivity contribution in [3.05, 3.63) is 35.9 Å². The van der Waals surface area contributed by atoms with E-state index in [1.165, 1.54) is 0 Å². The van der Waals surface area contributed by atoms with E-state index in [0.717, 1.165) is 12.0 Å². The maximum atomic E-state index is 11.5. The Morgan fingerprint density at radius 1 is 1.40 bits per heavy atom. The first-order valence-corrected chi connectivity index (χ1v) is 4.84. The average molecular weight is 229 g/mol. The minimum absolute atomic E-state index is 0. The third-order valence-electron chi connectivity index (χ3n) is 1.99. The summed E-state index contributed by atoms with van der Waals surface area (Å²) in [5.41, 5.74) is 6.62. The molecule has 0 aliphatic carbocycles. The lowest BCUT2D eigenvalue weighted by molar-refractivity contribution is -0.122. The van der Waals surface area contributed by atoms with Crippen LogP contribution in [0.25, 0.3) is 0 Å². The van der Waals surface area contributed by atoms with Crippen molar-refractivity contribution < 1.29 is 4.79 Å². The maximum absolute atomic E-state index is 11.5. The minimum Gasteiger partial charge on any atom is -0.354 e. The predicted octanol–water partition coefficient (Wildman–Crippen LogP) is 1.63. The molecule has 0 aliphatic rings. The number of carbonyl (C=O) groups is 1. The summed E-state index contributed by atoms with van der Waals surface area (Å²) < 4.78 is 0. The quantitative estimate of drug-likeness (QED) is 0.823. The fraction of sp³-hybridized carbons (Fsp3) is 0.364. The van der Waals surface area contributed by atoms with Crippen molar-refractivity contribution in [2.45, 2.75) is 19.4 Å². The normalized spacial score (nSPS) is 11.3. The smallest absolute Gasteiger partial charge is 0.241 e. The molecule has 0 aliphatic heterocycles. The van der Waals surface area contributed by atoms with Gasteiger partial charge in [0, 0.05) is 6.54 Å². The molecule has 0 saturated heterocycles. The molecule has 0 spiro atoms. The molecule has 0 fully saturated rings. The van der Waals surface area contributed by atoms with E-state index in [9.17, 15) is 4.79 Å². The molecule has 1 atom stereocenters. The lowest BCUT2D eigenvalue weighted by Gasteiger charge is -2.11. The maximum Gasteiger partial charge on any atom is 0.241 e. The predicted molar refractivity (Wildman–Crippen MR) is 63.9 cm³/mol. The number of nitrogens with two attached hydrogens (primary N) is 1. The zero-order valence-electron chi connectivity index (χ0n) is 8.77. The highest BCUT2D eigenvalue weighted by molar-refractivity contribution is 5.85. The number of halogens is 1. The van der Waals surface area contributed by atoms with Crippen LogP contribution < -0.4 is 11.1 Å². The van der Waals surface area contributed by atoms with E-state index in [1.807, 2.05) is 37.3 Å². The first kappa shape index (κ1) is 13.9. The van der Waals surface area contributed by atoms with Gasteiger partial charge in [-0.15, -0.1) is 12.4 Å². The summed E-state index contributed by atoms with van der Waals surface area (Å²) >= 11 is 0. The number of benzene rings is 1. The van der Waals surface area contributed by atoms with E-state index >= 15 is 0 Å². The monoisotopic (exact) mass is 228 g/mol. The Bertz CT molecular complexity index is 290. The van der Waals surface area contributed by atoms with Crippen molar-refractivity contribution in [3.8, 4) is 0 Å². The van der Waals surface area contributed by atoms with Gasteiger partial charge in [-0.05, 0) is 12.0 Å². The van der Waals surface area contributed by atoms with Crippen molar-refractivity contribution in [3.63, 3.8) is 0 Å². The molecule has 3 N–H and O–H groups in total. The van der Waals surface area contributed by atoms with Crippen LogP contribution >= 0.6 is 12.4 Å². The molecule has 0 aromatic heterocycles. The van der Waals surface area contributed by atoms with E-state index in [2.05, 4.69) is 5.32 Å². The highest BCUT2D eigenvalue weighted by atomic mass is 35.5. The van der Waals surface area contributed by atoms with Gasteiger partial charge in [0.05, 0.1) is 0 Å². The summed E-state index contributed by atoms with van der Waals surface area (Å²) in [6.07, 6.45) is 0.924. The zero-order chi connectivity index (χ0) is 10.4. The lowest BCUT2D eigenvalue weighted by Crippen LogP contribution is -2.34. The number of rotatable bonds is 4. The Hall–Kier alpha value is -1.06. The van der Waals surface area contributed by atoms with Gasteiger partial charge in [0.25, 0.3) is 0 Å². The number of carbonyl (C=O) groups excluding carboxylic acids is 1. The Morgan fingerprint density at radius 3 is 2.53 bits per heavy atom. The van der Waals surface area contributed by atoms with Gasteiger partial charge in [-0.3, -0.25) is 4.79 Å². The van der Waals surface area contributed by atoms with Crippen molar-refractivity contribution in [2.75, 3.05) is 6.54 Å². The van der Waals surface area contributed by atoms with Crippen LogP contribution in [0.5, 0.6) is 0 Å². The third-order valence-corrected chi connectivity index (χ3v) is 1.99. The van der Waals surface area contributed by atoms with E-state index in [4.69, 9.17) is 5.73 Å². The van der Waals surface area contributed by atoms with Crippen molar-refractivity contribution in [1.82, 2.24) is 5.32 Å².